The number of carbonyl (C=O) groups is 2. The Balaban J connectivity index is 1.31. The number of benzene rings is 2. The smallest absolute Gasteiger partial charge is 0.242 e. The minimum absolute atomic E-state index is 0.00645. The number of carbonyl (C=O) groups excluding carboxylic acids is 2. The summed E-state index contributed by atoms with van der Waals surface area (Å²) in [5.41, 5.74) is 0.994. The lowest BCUT2D eigenvalue weighted by atomic mass is 9.89. The number of ether oxygens (including phenoxy) is 1. The van der Waals surface area contributed by atoms with E-state index in [0.717, 1.165) is 11.4 Å². The van der Waals surface area contributed by atoms with Gasteiger partial charge < -0.3 is 14.2 Å². The molecular formula is C23H21N3O3. The molecule has 2 aliphatic rings. The van der Waals surface area contributed by atoms with E-state index in [1.807, 2.05) is 59.3 Å². The summed E-state index contributed by atoms with van der Waals surface area (Å²) in [6.07, 6.45) is 4.51. The van der Waals surface area contributed by atoms with Gasteiger partial charge in [0.05, 0.1) is 18.5 Å². The second-order valence-electron chi connectivity index (χ2n) is 7.69. The minimum Gasteiger partial charge on any atom is -0.484 e. The molecule has 5 rings (SSSR count). The van der Waals surface area contributed by atoms with Crippen LogP contribution < -0.4 is 4.74 Å². The number of aromatic nitrogens is 2. The highest BCUT2D eigenvalue weighted by atomic mass is 16.5. The van der Waals surface area contributed by atoms with Gasteiger partial charge in [0, 0.05) is 30.9 Å². The number of para-hydroxylation sites is 1. The van der Waals surface area contributed by atoms with Crippen molar-refractivity contribution in [1.82, 2.24) is 14.5 Å². The highest BCUT2D eigenvalue weighted by Crippen LogP contribution is 2.38. The van der Waals surface area contributed by atoms with Crippen molar-refractivity contribution in [3.63, 3.8) is 0 Å². The van der Waals surface area contributed by atoms with E-state index >= 15 is 0 Å². The molecule has 1 fully saturated rings. The lowest BCUT2D eigenvalue weighted by Gasteiger charge is -2.34. The molecule has 0 saturated carbocycles. The molecule has 1 spiro atoms. The van der Waals surface area contributed by atoms with Gasteiger partial charge in [-0.05, 0) is 12.1 Å². The molecule has 1 saturated heterocycles. The number of likely N-dealkylation sites (tertiary alicyclic amines) is 1. The molecule has 29 heavy (non-hydrogen) atoms. The number of nitrogens with zero attached hydrogens (tertiary/aromatic N) is 3. The number of amides is 1. The Labute approximate surface area is 168 Å². The van der Waals surface area contributed by atoms with E-state index in [2.05, 4.69) is 4.98 Å². The topological polar surface area (TPSA) is 64.4 Å². The van der Waals surface area contributed by atoms with Crippen molar-refractivity contribution in [2.24, 2.45) is 0 Å². The zero-order valence-corrected chi connectivity index (χ0v) is 16.0. The molecule has 6 heteroatoms. The van der Waals surface area contributed by atoms with Crippen molar-refractivity contribution >= 4 is 11.7 Å². The van der Waals surface area contributed by atoms with E-state index in [0.29, 0.717) is 37.2 Å². The molecule has 3 heterocycles. The zero-order chi connectivity index (χ0) is 19.8. The number of ketones is 1. The first-order valence-corrected chi connectivity index (χ1v) is 9.79. The van der Waals surface area contributed by atoms with Crippen molar-refractivity contribution in [2.75, 3.05) is 13.1 Å². The van der Waals surface area contributed by atoms with E-state index in [1.54, 1.807) is 17.2 Å². The molecule has 6 nitrogen and oxygen atoms in total. The average molecular weight is 387 g/mol. The predicted molar refractivity (Wildman–Crippen MR) is 108 cm³/mol. The Hall–Kier alpha value is -3.41. The summed E-state index contributed by atoms with van der Waals surface area (Å²) < 4.78 is 8.09. The van der Waals surface area contributed by atoms with Crippen LogP contribution in [0, 0.1) is 0 Å². The van der Waals surface area contributed by atoms with Gasteiger partial charge in [-0.15, -0.1) is 0 Å². The molecule has 2 aromatic carbocycles. The molecule has 1 amide bonds. The number of Topliss-reactive ketones (excluding diaryl/α,β-unsaturated/α-hetero) is 1. The fourth-order valence-electron chi connectivity index (χ4n) is 4.26. The summed E-state index contributed by atoms with van der Waals surface area (Å²) in [4.78, 5) is 31.8. The van der Waals surface area contributed by atoms with Gasteiger partial charge in [-0.2, -0.15) is 0 Å². The van der Waals surface area contributed by atoms with Crippen LogP contribution in [-0.2, 0) is 11.3 Å². The maximum absolute atomic E-state index is 13.0. The highest BCUT2D eigenvalue weighted by Gasteiger charge is 2.46. The van der Waals surface area contributed by atoms with Crippen molar-refractivity contribution in [3.8, 4) is 17.1 Å². The molecule has 146 valence electrons. The Bertz CT molecular complexity index is 1080. The van der Waals surface area contributed by atoms with Crippen LogP contribution in [0.25, 0.3) is 11.4 Å². The summed E-state index contributed by atoms with van der Waals surface area (Å²) in [6, 6.07) is 17.2. The molecule has 0 aliphatic carbocycles. The molecule has 3 aromatic rings. The number of hydrogen-bond acceptors (Lipinski definition) is 4. The van der Waals surface area contributed by atoms with E-state index in [-0.39, 0.29) is 18.2 Å². The number of fused-ring (bicyclic) bond motifs is 1. The van der Waals surface area contributed by atoms with E-state index in [1.165, 1.54) is 0 Å². The fourth-order valence-corrected chi connectivity index (χ4v) is 4.26. The van der Waals surface area contributed by atoms with E-state index < -0.39 is 5.60 Å². The molecule has 1 aromatic heterocycles. The van der Waals surface area contributed by atoms with Gasteiger partial charge >= 0.3 is 0 Å². The summed E-state index contributed by atoms with van der Waals surface area (Å²) in [6.45, 7) is 1.23. The molecule has 1 atom stereocenters. The van der Waals surface area contributed by atoms with E-state index in [4.69, 9.17) is 4.74 Å². The highest BCUT2D eigenvalue weighted by molar-refractivity contribution is 6.00. The van der Waals surface area contributed by atoms with Crippen LogP contribution in [0.5, 0.6) is 5.75 Å². The van der Waals surface area contributed by atoms with Gasteiger partial charge in [0.1, 0.15) is 23.7 Å². The van der Waals surface area contributed by atoms with Gasteiger partial charge in [-0.3, -0.25) is 9.59 Å². The Morgan fingerprint density at radius 3 is 2.76 bits per heavy atom. The first kappa shape index (κ1) is 17.7. The Morgan fingerprint density at radius 1 is 1.10 bits per heavy atom. The van der Waals surface area contributed by atoms with Gasteiger partial charge in [0.15, 0.2) is 5.78 Å². The Morgan fingerprint density at radius 2 is 1.90 bits per heavy atom. The first-order chi connectivity index (χ1) is 14.1. The molecule has 0 unspecified atom stereocenters. The van der Waals surface area contributed by atoms with Crippen molar-refractivity contribution in [3.05, 3.63) is 72.6 Å². The average Bonchev–Trinajstić information content (AvgIpc) is 3.36. The third kappa shape index (κ3) is 3.20. The largest absolute Gasteiger partial charge is 0.484 e. The van der Waals surface area contributed by atoms with Crippen LogP contribution in [0.2, 0.25) is 0 Å². The van der Waals surface area contributed by atoms with E-state index in [9.17, 15) is 9.59 Å². The summed E-state index contributed by atoms with van der Waals surface area (Å²) in [7, 11) is 0. The number of rotatable bonds is 3. The third-order valence-corrected chi connectivity index (χ3v) is 5.72. The summed E-state index contributed by atoms with van der Waals surface area (Å²) in [5.74, 6) is 1.49. The van der Waals surface area contributed by atoms with Crippen molar-refractivity contribution < 1.29 is 14.3 Å². The van der Waals surface area contributed by atoms with Crippen LogP contribution in [0.3, 0.4) is 0 Å². The van der Waals surface area contributed by atoms with Crippen LogP contribution >= 0.6 is 0 Å². The monoisotopic (exact) mass is 387 g/mol. The lowest BCUT2D eigenvalue weighted by Crippen LogP contribution is -2.45. The maximum Gasteiger partial charge on any atom is 0.242 e. The van der Waals surface area contributed by atoms with Gasteiger partial charge in [-0.25, -0.2) is 4.98 Å². The SMILES string of the molecule is O=C1C[C@@]2(CCN(C(=O)Cn3ccnc3-c3ccccc3)C2)Oc2ccccc21. The Kier molecular flexibility index (Phi) is 4.19. The molecule has 0 bridgehead atoms. The standard InChI is InChI=1S/C23H21N3O3/c27-19-14-23(29-20-9-5-4-8-18(19)20)10-12-26(16-23)21(28)15-25-13-11-24-22(25)17-6-2-1-3-7-17/h1-9,11,13H,10,12,14-16H2/t23-/m1/s1. The quantitative estimate of drug-likeness (QED) is 0.692. The number of hydrogen-bond donors (Lipinski definition) is 0. The maximum atomic E-state index is 13.0. The van der Waals surface area contributed by atoms with Crippen LogP contribution in [0.1, 0.15) is 23.2 Å². The van der Waals surface area contributed by atoms with Gasteiger partial charge in [0.25, 0.3) is 0 Å². The number of imidazole rings is 1. The summed E-state index contributed by atoms with van der Waals surface area (Å²) in [5, 5.41) is 0. The second-order valence-corrected chi connectivity index (χ2v) is 7.69. The normalized spacial score (nSPS) is 20.6. The first-order valence-electron chi connectivity index (χ1n) is 9.79. The van der Waals surface area contributed by atoms with Crippen LogP contribution in [0.15, 0.2) is 67.0 Å². The molecular weight excluding hydrogens is 366 g/mol. The minimum atomic E-state index is -0.613. The molecule has 0 N–H and O–H groups in total. The van der Waals surface area contributed by atoms with Gasteiger partial charge in [-0.1, -0.05) is 42.5 Å². The van der Waals surface area contributed by atoms with Crippen molar-refractivity contribution in [1.29, 1.82) is 0 Å². The van der Waals surface area contributed by atoms with Crippen molar-refractivity contribution in [2.45, 2.75) is 25.0 Å². The predicted octanol–water partition coefficient (Wildman–Crippen LogP) is 3.19. The lowest BCUT2D eigenvalue weighted by molar-refractivity contribution is -0.131. The summed E-state index contributed by atoms with van der Waals surface area (Å²) >= 11 is 0. The molecule has 0 radical (unpaired) electrons. The third-order valence-electron chi connectivity index (χ3n) is 5.72. The second kappa shape index (κ2) is 6.88. The van der Waals surface area contributed by atoms with Crippen LogP contribution in [-0.4, -0.2) is 44.8 Å². The van der Waals surface area contributed by atoms with Crippen LogP contribution in [0.4, 0.5) is 0 Å². The molecule has 2 aliphatic heterocycles. The zero-order valence-electron chi connectivity index (χ0n) is 16.0. The fraction of sp³-hybridized carbons (Fsp3) is 0.261. The van der Waals surface area contributed by atoms with Gasteiger partial charge in [0.2, 0.25) is 5.91 Å².